The van der Waals surface area contributed by atoms with E-state index in [1.54, 1.807) is 4.52 Å². The fraction of sp³-hybridized carbons (Fsp3) is 0.500. The summed E-state index contributed by atoms with van der Waals surface area (Å²) in [5.41, 5.74) is 7.58. The number of nitrogen functional groups attached to an aromatic ring is 1. The van der Waals surface area contributed by atoms with Crippen LogP contribution in [0.2, 0.25) is 0 Å². The second-order valence-corrected chi connectivity index (χ2v) is 5.60. The first-order valence-corrected chi connectivity index (χ1v) is 6.87. The van der Waals surface area contributed by atoms with Crippen molar-refractivity contribution in [2.75, 3.05) is 39.0 Å². The molecule has 0 atom stereocenters. The summed E-state index contributed by atoms with van der Waals surface area (Å²) < 4.78 is 8.64. The number of anilines is 1. The average Bonchev–Trinajstić information content (AvgIpc) is 2.96. The number of hydrogen-bond donors (Lipinski definition) is 1. The summed E-state index contributed by atoms with van der Waals surface area (Å²) in [6, 6.07) is 5.83. The van der Waals surface area contributed by atoms with Gasteiger partial charge in [-0.05, 0) is 12.1 Å². The van der Waals surface area contributed by atoms with Gasteiger partial charge in [-0.2, -0.15) is 0 Å². The zero-order valence-corrected chi connectivity index (χ0v) is 11.4. The van der Waals surface area contributed by atoms with Gasteiger partial charge in [0.1, 0.15) is 18.8 Å². The zero-order valence-electron chi connectivity index (χ0n) is 11.4. The maximum Gasteiger partial charge on any atom is 0.257 e. The molecule has 0 unspecified atom stereocenters. The first kappa shape index (κ1) is 12.3. The van der Waals surface area contributed by atoms with Crippen molar-refractivity contribution in [3.8, 4) is 5.88 Å². The third-order valence-electron chi connectivity index (χ3n) is 4.06. The second kappa shape index (κ2) is 4.74. The number of pyridine rings is 1. The summed E-state index contributed by atoms with van der Waals surface area (Å²) >= 11 is 0. The summed E-state index contributed by atoms with van der Waals surface area (Å²) in [4.78, 5) is 0. The molecule has 0 saturated carbocycles. The number of likely N-dealkylation sites (tertiary alicyclic amines) is 1. The van der Waals surface area contributed by atoms with Crippen LogP contribution in [0.15, 0.2) is 24.4 Å². The lowest BCUT2D eigenvalue weighted by Crippen LogP contribution is -2.43. The first-order valence-electron chi connectivity index (χ1n) is 6.87. The van der Waals surface area contributed by atoms with Crippen LogP contribution >= 0.6 is 0 Å². The van der Waals surface area contributed by atoms with E-state index in [9.17, 15) is 0 Å². The monoisotopic (exact) mass is 261 g/mol. The standard InChI is InChI=1S/C14H21N4O/c1-18(8-4-5-9-18)10-11-19-14-13(15)12-6-2-3-7-17(12)16-14/h2-3,6-7H,4-5,8-11,15H2,1H3/q+1. The molecule has 0 aromatic carbocycles. The molecule has 102 valence electrons. The van der Waals surface area contributed by atoms with Gasteiger partial charge in [0.25, 0.3) is 5.88 Å². The van der Waals surface area contributed by atoms with E-state index in [2.05, 4.69) is 12.1 Å². The third kappa shape index (κ3) is 2.38. The summed E-state index contributed by atoms with van der Waals surface area (Å²) in [7, 11) is 2.30. The van der Waals surface area contributed by atoms with E-state index < -0.39 is 0 Å². The second-order valence-electron chi connectivity index (χ2n) is 5.60. The molecule has 19 heavy (non-hydrogen) atoms. The summed E-state index contributed by atoms with van der Waals surface area (Å²) in [6.07, 6.45) is 4.53. The fourth-order valence-corrected chi connectivity index (χ4v) is 2.79. The van der Waals surface area contributed by atoms with E-state index in [4.69, 9.17) is 10.5 Å². The van der Waals surface area contributed by atoms with Gasteiger partial charge in [0, 0.05) is 19.0 Å². The smallest absolute Gasteiger partial charge is 0.257 e. The van der Waals surface area contributed by atoms with Gasteiger partial charge < -0.3 is 15.0 Å². The van der Waals surface area contributed by atoms with E-state index in [1.807, 2.05) is 24.4 Å². The number of aromatic nitrogens is 2. The molecule has 2 aromatic heterocycles. The molecule has 2 aromatic rings. The number of nitrogens with two attached hydrogens (primary N) is 1. The first-order chi connectivity index (χ1) is 9.18. The quantitative estimate of drug-likeness (QED) is 0.849. The molecule has 5 nitrogen and oxygen atoms in total. The Balaban J connectivity index is 1.67. The minimum atomic E-state index is 0.553. The third-order valence-corrected chi connectivity index (χ3v) is 4.06. The molecule has 1 fully saturated rings. The van der Waals surface area contributed by atoms with E-state index in [-0.39, 0.29) is 0 Å². The molecule has 0 amide bonds. The van der Waals surface area contributed by atoms with Crippen LogP contribution in [0.5, 0.6) is 5.88 Å². The number of likely N-dealkylation sites (N-methyl/N-ethyl adjacent to an activating group) is 1. The maximum atomic E-state index is 6.05. The molecule has 0 radical (unpaired) electrons. The lowest BCUT2D eigenvalue weighted by Gasteiger charge is -2.28. The fourth-order valence-electron chi connectivity index (χ4n) is 2.79. The van der Waals surface area contributed by atoms with Gasteiger partial charge in [0.15, 0.2) is 0 Å². The van der Waals surface area contributed by atoms with Crippen molar-refractivity contribution in [3.05, 3.63) is 24.4 Å². The van der Waals surface area contributed by atoms with E-state index in [0.29, 0.717) is 18.2 Å². The molecule has 3 rings (SSSR count). The normalized spacial score (nSPS) is 17.9. The Morgan fingerprint density at radius 2 is 2.16 bits per heavy atom. The molecule has 0 spiro atoms. The Bertz CT molecular complexity index is 572. The van der Waals surface area contributed by atoms with Crippen LogP contribution in [-0.2, 0) is 0 Å². The van der Waals surface area contributed by atoms with Gasteiger partial charge in [-0.15, -0.1) is 5.10 Å². The number of ether oxygens (including phenoxy) is 1. The van der Waals surface area contributed by atoms with Gasteiger partial charge in [-0.3, -0.25) is 0 Å². The lowest BCUT2D eigenvalue weighted by atomic mass is 10.4. The van der Waals surface area contributed by atoms with E-state index in [0.717, 1.165) is 16.5 Å². The molecule has 2 N–H and O–H groups in total. The van der Waals surface area contributed by atoms with E-state index >= 15 is 0 Å². The van der Waals surface area contributed by atoms with Crippen LogP contribution in [0, 0.1) is 0 Å². The molecular weight excluding hydrogens is 240 g/mol. The van der Waals surface area contributed by atoms with Crippen molar-refractivity contribution in [3.63, 3.8) is 0 Å². The van der Waals surface area contributed by atoms with Crippen LogP contribution in [0.4, 0.5) is 5.69 Å². The van der Waals surface area contributed by atoms with Crippen molar-refractivity contribution in [2.45, 2.75) is 12.8 Å². The van der Waals surface area contributed by atoms with Crippen molar-refractivity contribution >= 4 is 11.2 Å². The van der Waals surface area contributed by atoms with E-state index in [1.165, 1.54) is 25.9 Å². The van der Waals surface area contributed by atoms with Crippen molar-refractivity contribution in [1.29, 1.82) is 0 Å². The maximum absolute atomic E-state index is 6.05. The molecule has 5 heteroatoms. The average molecular weight is 261 g/mol. The van der Waals surface area contributed by atoms with Crippen LogP contribution in [-0.4, -0.2) is 47.4 Å². The number of rotatable bonds is 4. The summed E-state index contributed by atoms with van der Waals surface area (Å²) in [5.74, 6) is 0.553. The Kier molecular flexibility index (Phi) is 3.06. The number of hydrogen-bond acceptors (Lipinski definition) is 3. The number of fused-ring (bicyclic) bond motifs is 1. The largest absolute Gasteiger partial charge is 0.469 e. The highest BCUT2D eigenvalue weighted by Gasteiger charge is 2.26. The predicted octanol–water partition coefficient (Wildman–Crippen LogP) is 1.54. The van der Waals surface area contributed by atoms with Gasteiger partial charge in [0.05, 0.1) is 25.7 Å². The molecule has 1 saturated heterocycles. The Labute approximate surface area is 113 Å². The van der Waals surface area contributed by atoms with Crippen molar-refractivity contribution in [1.82, 2.24) is 9.61 Å². The minimum Gasteiger partial charge on any atom is -0.469 e. The van der Waals surface area contributed by atoms with Gasteiger partial charge >= 0.3 is 0 Å². The molecular formula is C14H21N4O+. The SMILES string of the molecule is C[N+]1(CCOc2nn3ccccc3c2N)CCCC1. The van der Waals surface area contributed by atoms with Crippen molar-refractivity contribution < 1.29 is 9.22 Å². The zero-order chi connectivity index (χ0) is 13.3. The highest BCUT2D eigenvalue weighted by molar-refractivity contribution is 5.74. The van der Waals surface area contributed by atoms with Crippen molar-refractivity contribution in [2.24, 2.45) is 0 Å². The summed E-state index contributed by atoms with van der Waals surface area (Å²) in [6.45, 7) is 4.20. The lowest BCUT2D eigenvalue weighted by molar-refractivity contribution is -0.897. The molecule has 3 heterocycles. The Morgan fingerprint density at radius 1 is 1.37 bits per heavy atom. The molecule has 1 aliphatic rings. The highest BCUT2D eigenvalue weighted by atomic mass is 16.5. The Morgan fingerprint density at radius 3 is 2.89 bits per heavy atom. The van der Waals surface area contributed by atoms with Crippen LogP contribution in [0.25, 0.3) is 5.52 Å². The molecule has 1 aliphatic heterocycles. The van der Waals surface area contributed by atoms with Crippen LogP contribution < -0.4 is 10.5 Å². The summed E-state index contributed by atoms with van der Waals surface area (Å²) in [5, 5.41) is 4.36. The number of nitrogens with zero attached hydrogens (tertiary/aromatic N) is 3. The minimum absolute atomic E-state index is 0.553. The highest BCUT2D eigenvalue weighted by Crippen LogP contribution is 2.25. The van der Waals surface area contributed by atoms with Crippen LogP contribution in [0.3, 0.4) is 0 Å². The number of quaternary nitrogens is 1. The Hall–Kier alpha value is -1.75. The van der Waals surface area contributed by atoms with Crippen LogP contribution in [0.1, 0.15) is 12.8 Å². The van der Waals surface area contributed by atoms with Gasteiger partial charge in [-0.1, -0.05) is 6.07 Å². The molecule has 0 bridgehead atoms. The van der Waals surface area contributed by atoms with Gasteiger partial charge in [0.2, 0.25) is 0 Å². The topological polar surface area (TPSA) is 52.5 Å². The van der Waals surface area contributed by atoms with Gasteiger partial charge in [-0.25, -0.2) is 4.52 Å². The predicted molar refractivity (Wildman–Crippen MR) is 75.1 cm³/mol. The molecule has 0 aliphatic carbocycles.